The second-order valence-corrected chi connectivity index (χ2v) is 5.17. The van der Waals surface area contributed by atoms with Crippen LogP contribution in [-0.2, 0) is 6.42 Å². The lowest BCUT2D eigenvalue weighted by Gasteiger charge is -2.21. The van der Waals surface area contributed by atoms with Crippen LogP contribution in [0.4, 0.5) is 15.8 Å². The van der Waals surface area contributed by atoms with Gasteiger partial charge in [-0.3, -0.25) is 4.98 Å². The summed E-state index contributed by atoms with van der Waals surface area (Å²) in [4.78, 5) is 6.19. The third-order valence-electron chi connectivity index (χ3n) is 3.11. The summed E-state index contributed by atoms with van der Waals surface area (Å²) >= 11 is 0. The van der Waals surface area contributed by atoms with Gasteiger partial charge >= 0.3 is 0 Å². The van der Waals surface area contributed by atoms with E-state index in [9.17, 15) is 4.39 Å². The minimum atomic E-state index is -0.190. The van der Waals surface area contributed by atoms with Crippen molar-refractivity contribution in [2.24, 2.45) is 0 Å². The van der Waals surface area contributed by atoms with Gasteiger partial charge in [0.05, 0.1) is 17.6 Å². The zero-order valence-corrected chi connectivity index (χ0v) is 12.1. The van der Waals surface area contributed by atoms with E-state index < -0.39 is 0 Å². The summed E-state index contributed by atoms with van der Waals surface area (Å²) in [6.45, 7) is 2.08. The highest BCUT2D eigenvalue weighted by Crippen LogP contribution is 2.23. The molecular weight excluding hydrogens is 253 g/mol. The third-order valence-corrected chi connectivity index (χ3v) is 3.11. The molecule has 0 fully saturated rings. The maximum Gasteiger partial charge on any atom is 0.123 e. The van der Waals surface area contributed by atoms with Crippen LogP contribution in [0.2, 0.25) is 0 Å². The Labute approximate surface area is 119 Å². The highest BCUT2D eigenvalue weighted by atomic mass is 19.1. The zero-order chi connectivity index (χ0) is 14.5. The molecule has 0 saturated carbocycles. The van der Waals surface area contributed by atoms with Gasteiger partial charge in [0.1, 0.15) is 5.82 Å². The first-order valence-corrected chi connectivity index (χ1v) is 6.68. The minimum absolute atomic E-state index is 0.190. The fraction of sp³-hybridized carbons (Fsp3) is 0.312. The molecule has 1 aromatic carbocycles. The van der Waals surface area contributed by atoms with Gasteiger partial charge in [-0.2, -0.15) is 0 Å². The molecular formula is C16H20FN3. The molecule has 106 valence electrons. The van der Waals surface area contributed by atoms with Crippen molar-refractivity contribution in [2.75, 3.05) is 24.3 Å². The number of pyridine rings is 1. The Morgan fingerprint density at radius 2 is 2.10 bits per heavy atom. The van der Waals surface area contributed by atoms with Gasteiger partial charge in [0, 0.05) is 26.3 Å². The fourth-order valence-corrected chi connectivity index (χ4v) is 2.22. The Kier molecular flexibility index (Phi) is 4.56. The van der Waals surface area contributed by atoms with Crippen molar-refractivity contribution in [1.82, 2.24) is 4.98 Å². The predicted molar refractivity (Wildman–Crippen MR) is 81.8 cm³/mol. The molecule has 1 heterocycles. The molecule has 1 atom stereocenters. The predicted octanol–water partition coefficient (Wildman–Crippen LogP) is 3.33. The van der Waals surface area contributed by atoms with E-state index in [0.29, 0.717) is 0 Å². The van der Waals surface area contributed by atoms with Crippen LogP contribution in [-0.4, -0.2) is 25.1 Å². The Bertz CT molecular complexity index is 569. The molecule has 1 unspecified atom stereocenters. The molecule has 2 rings (SSSR count). The summed E-state index contributed by atoms with van der Waals surface area (Å²) in [7, 11) is 4.00. The number of nitrogens with one attached hydrogen (secondary N) is 1. The second-order valence-electron chi connectivity index (χ2n) is 5.17. The van der Waals surface area contributed by atoms with E-state index in [4.69, 9.17) is 0 Å². The third kappa shape index (κ3) is 3.70. The first kappa shape index (κ1) is 14.3. The largest absolute Gasteiger partial charge is 0.379 e. The molecule has 0 amide bonds. The number of aromatic nitrogens is 1. The number of rotatable bonds is 5. The maximum absolute atomic E-state index is 13.2. The molecule has 2 aromatic rings. The van der Waals surface area contributed by atoms with Crippen LogP contribution >= 0.6 is 0 Å². The van der Waals surface area contributed by atoms with Crippen LogP contribution in [0.5, 0.6) is 0 Å². The number of hydrogen-bond acceptors (Lipinski definition) is 3. The first-order chi connectivity index (χ1) is 9.56. The molecule has 3 nitrogen and oxygen atoms in total. The molecule has 0 saturated heterocycles. The van der Waals surface area contributed by atoms with Crippen LogP contribution in [0.3, 0.4) is 0 Å². The monoisotopic (exact) mass is 273 g/mol. The van der Waals surface area contributed by atoms with E-state index in [2.05, 4.69) is 17.2 Å². The molecule has 1 N–H and O–H groups in total. The lowest BCUT2D eigenvalue weighted by molar-refractivity contribution is 0.624. The van der Waals surface area contributed by atoms with E-state index in [1.807, 2.05) is 37.3 Å². The van der Waals surface area contributed by atoms with Crippen molar-refractivity contribution >= 4 is 11.4 Å². The molecule has 1 aromatic heterocycles. The molecule has 0 aliphatic carbocycles. The lowest BCUT2D eigenvalue weighted by atomic mass is 10.1. The van der Waals surface area contributed by atoms with E-state index in [-0.39, 0.29) is 11.9 Å². The van der Waals surface area contributed by atoms with Crippen LogP contribution in [0.15, 0.2) is 42.7 Å². The van der Waals surface area contributed by atoms with E-state index >= 15 is 0 Å². The highest BCUT2D eigenvalue weighted by Gasteiger charge is 2.09. The second kappa shape index (κ2) is 6.37. The van der Waals surface area contributed by atoms with Crippen LogP contribution in [0.25, 0.3) is 0 Å². The SMILES string of the molecule is CC(Cc1cccc(F)c1)Nc1cnccc1N(C)C. The van der Waals surface area contributed by atoms with Crippen molar-refractivity contribution in [2.45, 2.75) is 19.4 Å². The average molecular weight is 273 g/mol. The summed E-state index contributed by atoms with van der Waals surface area (Å²) in [5, 5.41) is 3.43. The first-order valence-electron chi connectivity index (χ1n) is 6.68. The van der Waals surface area contributed by atoms with Crippen LogP contribution in [0.1, 0.15) is 12.5 Å². The zero-order valence-electron chi connectivity index (χ0n) is 12.1. The quantitative estimate of drug-likeness (QED) is 0.905. The maximum atomic E-state index is 13.2. The van der Waals surface area contributed by atoms with Gasteiger partial charge in [0.2, 0.25) is 0 Å². The van der Waals surface area contributed by atoms with Crippen molar-refractivity contribution in [1.29, 1.82) is 0 Å². The van der Waals surface area contributed by atoms with Gasteiger partial charge in [-0.05, 0) is 37.1 Å². The van der Waals surface area contributed by atoms with Gasteiger partial charge in [-0.15, -0.1) is 0 Å². The average Bonchev–Trinajstić information content (AvgIpc) is 2.38. The van der Waals surface area contributed by atoms with Crippen molar-refractivity contribution in [3.63, 3.8) is 0 Å². The number of hydrogen-bond donors (Lipinski definition) is 1. The normalized spacial score (nSPS) is 12.0. The topological polar surface area (TPSA) is 28.2 Å². The number of anilines is 2. The smallest absolute Gasteiger partial charge is 0.123 e. The van der Waals surface area contributed by atoms with E-state index in [1.165, 1.54) is 6.07 Å². The van der Waals surface area contributed by atoms with Gasteiger partial charge in [0.15, 0.2) is 0 Å². The molecule has 0 aliphatic rings. The fourth-order valence-electron chi connectivity index (χ4n) is 2.22. The van der Waals surface area contributed by atoms with E-state index in [1.54, 1.807) is 18.3 Å². The number of benzene rings is 1. The molecule has 20 heavy (non-hydrogen) atoms. The number of halogens is 1. The number of nitrogens with zero attached hydrogens (tertiary/aromatic N) is 2. The molecule has 0 radical (unpaired) electrons. The van der Waals surface area contributed by atoms with Crippen LogP contribution < -0.4 is 10.2 Å². The van der Waals surface area contributed by atoms with E-state index in [0.717, 1.165) is 23.4 Å². The lowest BCUT2D eigenvalue weighted by Crippen LogP contribution is -2.20. The van der Waals surface area contributed by atoms with Gasteiger partial charge < -0.3 is 10.2 Å². The standard InChI is InChI=1S/C16H20FN3/c1-12(9-13-5-4-6-14(17)10-13)19-15-11-18-8-7-16(15)20(2)3/h4-8,10-12,19H,9H2,1-3H3. The minimum Gasteiger partial charge on any atom is -0.379 e. The Hall–Kier alpha value is -2.10. The Morgan fingerprint density at radius 1 is 1.30 bits per heavy atom. The summed E-state index contributed by atoms with van der Waals surface area (Å²) in [5.74, 6) is -0.190. The van der Waals surface area contributed by atoms with Gasteiger partial charge in [-0.1, -0.05) is 12.1 Å². The summed E-state index contributed by atoms with van der Waals surface area (Å²) in [5.41, 5.74) is 3.06. The van der Waals surface area contributed by atoms with Gasteiger partial charge in [-0.25, -0.2) is 4.39 Å². The molecule has 4 heteroatoms. The van der Waals surface area contributed by atoms with Crippen molar-refractivity contribution < 1.29 is 4.39 Å². The Balaban J connectivity index is 2.06. The highest BCUT2D eigenvalue weighted by molar-refractivity contribution is 5.68. The van der Waals surface area contributed by atoms with Crippen LogP contribution in [0, 0.1) is 5.82 Å². The summed E-state index contributed by atoms with van der Waals surface area (Å²) in [6.07, 6.45) is 4.36. The molecule has 0 bridgehead atoms. The van der Waals surface area contributed by atoms with Crippen molar-refractivity contribution in [3.8, 4) is 0 Å². The molecule has 0 spiro atoms. The van der Waals surface area contributed by atoms with Gasteiger partial charge in [0.25, 0.3) is 0 Å². The summed E-state index contributed by atoms with van der Waals surface area (Å²) < 4.78 is 13.2. The summed E-state index contributed by atoms with van der Waals surface area (Å²) in [6, 6.07) is 8.89. The Morgan fingerprint density at radius 3 is 2.80 bits per heavy atom. The molecule has 0 aliphatic heterocycles. The van der Waals surface area contributed by atoms with Crippen molar-refractivity contribution in [3.05, 3.63) is 54.1 Å².